The second-order valence-electron chi connectivity index (χ2n) is 5.03. The van der Waals surface area contributed by atoms with Crippen LogP contribution in [0.3, 0.4) is 0 Å². The summed E-state index contributed by atoms with van der Waals surface area (Å²) >= 11 is 0. The molecule has 2 rings (SSSR count). The minimum absolute atomic E-state index is 0. The van der Waals surface area contributed by atoms with Crippen molar-refractivity contribution in [1.82, 2.24) is 0 Å². The van der Waals surface area contributed by atoms with Crippen LogP contribution in [-0.4, -0.2) is 37.7 Å². The summed E-state index contributed by atoms with van der Waals surface area (Å²) in [6.07, 6.45) is 0. The minimum atomic E-state index is -4.60. The Labute approximate surface area is 187 Å². The molecular weight excluding hydrogens is 437 g/mol. The molecule has 0 bridgehead atoms. The average Bonchev–Trinajstić information content (AvgIpc) is 2.60. The molecule has 5 N–H and O–H groups in total. The number of benzene rings is 2. The number of nitrogens with one attached hydrogen (secondary N) is 1. The molecule has 0 atom stereocenters. The fourth-order valence-corrected chi connectivity index (χ4v) is 3.15. The van der Waals surface area contributed by atoms with Crippen LogP contribution in [0.15, 0.2) is 73.7 Å². The Morgan fingerprint density at radius 2 is 1.41 bits per heavy atom. The largest absolute Gasteiger partial charge is 1.00 e. The van der Waals surface area contributed by atoms with Crippen molar-refractivity contribution >= 4 is 43.4 Å². The van der Waals surface area contributed by atoms with Crippen molar-refractivity contribution in [2.45, 2.75) is 9.79 Å². The molecule has 148 valence electrons. The van der Waals surface area contributed by atoms with Gasteiger partial charge >= 0.3 is 29.6 Å². The van der Waals surface area contributed by atoms with Crippen LogP contribution in [0.4, 0.5) is 11.4 Å². The quantitative estimate of drug-likeness (QED) is 0.102. The van der Waals surface area contributed by atoms with E-state index in [1.165, 1.54) is 36.4 Å². The van der Waals surface area contributed by atoms with Crippen molar-refractivity contribution in [2.75, 3.05) is 5.43 Å². The van der Waals surface area contributed by atoms with E-state index in [1.807, 2.05) is 0 Å². The Hall–Kier alpha value is -2.20. The zero-order valence-electron chi connectivity index (χ0n) is 14.8. The third-order valence-electron chi connectivity index (χ3n) is 3.06. The fourth-order valence-electron chi connectivity index (χ4n) is 1.88. The number of para-hydroxylation sites is 1. The van der Waals surface area contributed by atoms with Crippen molar-refractivity contribution < 1.29 is 60.3 Å². The van der Waals surface area contributed by atoms with E-state index >= 15 is 0 Å². The van der Waals surface area contributed by atoms with Crippen LogP contribution in [0.25, 0.3) is 0 Å². The van der Waals surface area contributed by atoms with Gasteiger partial charge in [0, 0.05) is 0 Å². The van der Waals surface area contributed by atoms with Crippen molar-refractivity contribution in [1.29, 1.82) is 0 Å². The number of anilines is 1. The maximum absolute atomic E-state index is 11.5. The molecule has 0 aliphatic rings. The van der Waals surface area contributed by atoms with Gasteiger partial charge in [0.05, 0.1) is 5.69 Å². The Kier molecular flexibility index (Phi) is 8.58. The zero-order chi connectivity index (χ0) is 20.9. The first-order chi connectivity index (χ1) is 13.0. The van der Waals surface area contributed by atoms with E-state index in [2.05, 4.69) is 20.8 Å². The molecule has 0 saturated heterocycles. The summed E-state index contributed by atoms with van der Waals surface area (Å²) in [6.45, 7) is 0. The fraction of sp³-hybridized carbons (Fsp3) is 0. The SMILES string of the molecule is NC(=O)/C(N=Nc1ccccc1S(=O)(=O)O)=N/Nc1ccccc1S(=O)(=O)O.[Na+]. The number of amides is 1. The first-order valence-electron chi connectivity index (χ1n) is 7.18. The van der Waals surface area contributed by atoms with E-state index in [1.54, 1.807) is 0 Å². The van der Waals surface area contributed by atoms with Gasteiger partial charge < -0.3 is 5.73 Å². The van der Waals surface area contributed by atoms with Gasteiger partial charge in [-0.2, -0.15) is 16.8 Å². The van der Waals surface area contributed by atoms with Gasteiger partial charge in [-0.25, -0.2) is 0 Å². The number of hydrogen-bond donors (Lipinski definition) is 4. The number of nitrogens with zero attached hydrogens (tertiary/aromatic N) is 3. The molecule has 1 amide bonds. The standard InChI is InChI=1S/C14H13N5O7S2.Na/c15-13(20)14(18-16-9-5-1-3-7-11(9)27(21,22)23)19-17-10-6-2-4-8-12(10)28(24,25)26;/h1-8,16H,(H2,15,20)(H,21,22,23)(H,24,25,26);/q;+1/b18-14-,19-17?;. The Balaban J connectivity index is 0.00000420. The van der Waals surface area contributed by atoms with E-state index in [9.17, 15) is 26.2 Å². The predicted molar refractivity (Wildman–Crippen MR) is 97.3 cm³/mol. The first kappa shape index (κ1) is 24.8. The number of hydrogen-bond acceptors (Lipinski definition) is 8. The van der Waals surface area contributed by atoms with Gasteiger partial charge in [-0.15, -0.1) is 15.3 Å². The maximum Gasteiger partial charge on any atom is 1.00 e. The molecule has 12 nitrogen and oxygen atoms in total. The molecule has 0 radical (unpaired) electrons. The summed E-state index contributed by atoms with van der Waals surface area (Å²) in [4.78, 5) is 10.4. The number of azo groups is 1. The molecule has 0 heterocycles. The van der Waals surface area contributed by atoms with Crippen LogP contribution in [0.5, 0.6) is 0 Å². The molecule has 0 fully saturated rings. The molecular formula is C14H13N5NaO7S2+. The van der Waals surface area contributed by atoms with Crippen LogP contribution >= 0.6 is 0 Å². The van der Waals surface area contributed by atoms with Gasteiger partial charge in [0.2, 0.25) is 0 Å². The van der Waals surface area contributed by atoms with Crippen LogP contribution in [0.1, 0.15) is 0 Å². The van der Waals surface area contributed by atoms with E-state index in [4.69, 9.17) is 10.3 Å². The summed E-state index contributed by atoms with van der Waals surface area (Å²) in [6, 6.07) is 10.1. The van der Waals surface area contributed by atoms with Gasteiger partial charge in [-0.3, -0.25) is 19.3 Å². The molecule has 29 heavy (non-hydrogen) atoms. The number of carbonyl (C=O) groups excluding carboxylic acids is 1. The Morgan fingerprint density at radius 1 is 0.897 bits per heavy atom. The number of primary amides is 1. The van der Waals surface area contributed by atoms with Gasteiger partial charge in [0.15, 0.2) is 0 Å². The molecule has 0 aromatic heterocycles. The summed E-state index contributed by atoms with van der Waals surface area (Å²) in [7, 11) is -9.17. The van der Waals surface area contributed by atoms with Crippen molar-refractivity contribution in [3.63, 3.8) is 0 Å². The van der Waals surface area contributed by atoms with E-state index in [0.29, 0.717) is 0 Å². The number of amidine groups is 1. The third kappa shape index (κ3) is 6.97. The summed E-state index contributed by atoms with van der Waals surface area (Å²) < 4.78 is 63.6. The molecule has 15 heteroatoms. The second-order valence-corrected chi connectivity index (χ2v) is 7.81. The van der Waals surface area contributed by atoms with Crippen LogP contribution in [0, 0.1) is 0 Å². The average molecular weight is 450 g/mol. The van der Waals surface area contributed by atoms with Gasteiger partial charge in [0.1, 0.15) is 15.5 Å². The van der Waals surface area contributed by atoms with Crippen LogP contribution < -0.4 is 40.7 Å². The Morgan fingerprint density at radius 3 is 1.97 bits per heavy atom. The van der Waals surface area contributed by atoms with E-state index < -0.39 is 41.8 Å². The second kappa shape index (κ2) is 10.0. The van der Waals surface area contributed by atoms with E-state index in [-0.39, 0.29) is 40.9 Å². The predicted octanol–water partition coefficient (Wildman–Crippen LogP) is -1.82. The number of carbonyl (C=O) groups is 1. The molecule has 0 aliphatic heterocycles. The van der Waals surface area contributed by atoms with Crippen molar-refractivity contribution in [3.8, 4) is 0 Å². The van der Waals surface area contributed by atoms with Crippen LogP contribution in [-0.2, 0) is 25.0 Å². The molecule has 2 aromatic carbocycles. The number of nitrogens with two attached hydrogens (primary N) is 1. The van der Waals surface area contributed by atoms with Crippen molar-refractivity contribution in [3.05, 3.63) is 48.5 Å². The molecule has 0 unspecified atom stereocenters. The molecule has 0 spiro atoms. The molecule has 0 aliphatic carbocycles. The smallest absolute Gasteiger partial charge is 0.363 e. The normalized spacial score (nSPS) is 12.4. The monoisotopic (exact) mass is 450 g/mol. The summed E-state index contributed by atoms with van der Waals surface area (Å²) in [5.74, 6) is -1.92. The molecule has 2 aromatic rings. The first-order valence-corrected chi connectivity index (χ1v) is 10.1. The Bertz CT molecular complexity index is 1180. The van der Waals surface area contributed by atoms with Gasteiger partial charge in [-0.1, -0.05) is 24.3 Å². The van der Waals surface area contributed by atoms with E-state index in [0.717, 1.165) is 12.1 Å². The van der Waals surface area contributed by atoms with Gasteiger partial charge in [-0.05, 0) is 24.3 Å². The number of hydrazone groups is 1. The minimum Gasteiger partial charge on any atom is -0.363 e. The third-order valence-corrected chi connectivity index (χ3v) is 4.88. The summed E-state index contributed by atoms with van der Waals surface area (Å²) in [5, 5.41) is 10.5. The molecule has 0 saturated carbocycles. The zero-order valence-corrected chi connectivity index (χ0v) is 18.4. The van der Waals surface area contributed by atoms with Gasteiger partial charge in [0.25, 0.3) is 32.0 Å². The topological polar surface area (TPSA) is 201 Å². The maximum atomic E-state index is 11.5. The van der Waals surface area contributed by atoms with Crippen molar-refractivity contribution in [2.24, 2.45) is 21.1 Å². The summed E-state index contributed by atoms with van der Waals surface area (Å²) in [5.41, 5.74) is 6.85. The number of rotatable bonds is 5. The van der Waals surface area contributed by atoms with Crippen LogP contribution in [0.2, 0.25) is 0 Å².